The van der Waals surface area contributed by atoms with Gasteiger partial charge in [0.15, 0.2) is 11.5 Å². The Hall–Kier alpha value is -1.48. The summed E-state index contributed by atoms with van der Waals surface area (Å²) in [5.41, 5.74) is 1.28. The highest BCUT2D eigenvalue weighted by Crippen LogP contribution is 2.32. The number of fused-ring (bicyclic) bond motifs is 1. The van der Waals surface area contributed by atoms with Gasteiger partial charge in [-0.05, 0) is 25.1 Å². The van der Waals surface area contributed by atoms with Gasteiger partial charge in [0, 0.05) is 35.8 Å². The number of likely N-dealkylation sites (tertiary alicyclic amines) is 1. The molecule has 140 valence electrons. The second-order valence-corrected chi connectivity index (χ2v) is 7.51. The predicted octanol–water partition coefficient (Wildman–Crippen LogP) is 2.77. The number of aromatic nitrogens is 2. The molecule has 2 aromatic rings. The third-order valence-electron chi connectivity index (χ3n) is 4.95. The molecule has 2 aliphatic heterocycles. The van der Waals surface area contributed by atoms with Gasteiger partial charge in [-0.1, -0.05) is 15.9 Å². The fourth-order valence-electron chi connectivity index (χ4n) is 3.62. The molecule has 8 heteroatoms. The molecule has 2 fully saturated rings. The first-order valence-corrected chi connectivity index (χ1v) is 9.73. The third kappa shape index (κ3) is 3.38. The fourth-order valence-corrected chi connectivity index (χ4v) is 3.98. The van der Waals surface area contributed by atoms with Gasteiger partial charge >= 0.3 is 5.97 Å². The second kappa shape index (κ2) is 7.26. The Labute approximate surface area is 160 Å². The van der Waals surface area contributed by atoms with E-state index < -0.39 is 0 Å². The Morgan fingerprint density at radius 1 is 1.31 bits per heavy atom. The van der Waals surface area contributed by atoms with E-state index in [9.17, 15) is 4.79 Å². The smallest absolute Gasteiger partial charge is 0.359 e. The van der Waals surface area contributed by atoms with Crippen molar-refractivity contribution in [1.29, 1.82) is 0 Å². The molecule has 4 rings (SSSR count). The van der Waals surface area contributed by atoms with Crippen LogP contribution in [0.1, 0.15) is 30.3 Å². The molecular formula is C18H22BrN3O4. The van der Waals surface area contributed by atoms with Crippen LogP contribution in [0.2, 0.25) is 0 Å². The minimum atomic E-state index is -0.389. The molecule has 1 aromatic carbocycles. The van der Waals surface area contributed by atoms with Gasteiger partial charge in [0.05, 0.1) is 32.0 Å². The number of esters is 1. The van der Waals surface area contributed by atoms with Crippen molar-refractivity contribution in [3.63, 3.8) is 0 Å². The number of benzene rings is 1. The van der Waals surface area contributed by atoms with E-state index >= 15 is 0 Å². The number of nitrogens with zero attached hydrogens (tertiary/aromatic N) is 3. The molecule has 3 heterocycles. The number of ether oxygens (including phenoxy) is 3. The van der Waals surface area contributed by atoms with Crippen molar-refractivity contribution in [2.45, 2.75) is 32.2 Å². The number of rotatable bonds is 4. The molecule has 7 nitrogen and oxygen atoms in total. The molecule has 0 bridgehead atoms. The molecule has 2 saturated heterocycles. The zero-order valence-electron chi connectivity index (χ0n) is 14.7. The summed E-state index contributed by atoms with van der Waals surface area (Å²) in [7, 11) is 0. The maximum Gasteiger partial charge on any atom is 0.359 e. The van der Waals surface area contributed by atoms with E-state index in [4.69, 9.17) is 14.2 Å². The number of carbonyl (C=O) groups is 1. The van der Waals surface area contributed by atoms with Crippen molar-refractivity contribution < 1.29 is 19.0 Å². The summed E-state index contributed by atoms with van der Waals surface area (Å²) >= 11 is 3.47. The van der Waals surface area contributed by atoms with E-state index in [0.29, 0.717) is 32.2 Å². The highest BCUT2D eigenvalue weighted by atomic mass is 79.9. The van der Waals surface area contributed by atoms with Crippen molar-refractivity contribution in [2.24, 2.45) is 0 Å². The molecule has 0 unspecified atom stereocenters. The summed E-state index contributed by atoms with van der Waals surface area (Å²) in [6.45, 7) is 5.84. The van der Waals surface area contributed by atoms with E-state index in [1.54, 1.807) is 6.92 Å². The summed E-state index contributed by atoms with van der Waals surface area (Å²) in [6, 6.07) is 5.85. The second-order valence-electron chi connectivity index (χ2n) is 6.60. The average Bonchev–Trinajstić information content (AvgIpc) is 3.22. The van der Waals surface area contributed by atoms with Crippen LogP contribution in [0, 0.1) is 0 Å². The Morgan fingerprint density at radius 3 is 2.73 bits per heavy atom. The number of carbonyl (C=O) groups excluding carboxylic acids is 1. The van der Waals surface area contributed by atoms with Gasteiger partial charge in [-0.3, -0.25) is 4.90 Å². The van der Waals surface area contributed by atoms with Crippen LogP contribution in [0.4, 0.5) is 0 Å². The van der Waals surface area contributed by atoms with Crippen LogP contribution in [-0.2, 0) is 20.9 Å². The normalized spacial score (nSPS) is 20.1. The summed E-state index contributed by atoms with van der Waals surface area (Å²) in [5, 5.41) is 5.35. The first-order valence-electron chi connectivity index (χ1n) is 8.94. The van der Waals surface area contributed by atoms with Crippen LogP contribution in [0.5, 0.6) is 0 Å². The molecule has 0 amide bonds. The van der Waals surface area contributed by atoms with Crippen LogP contribution in [0.3, 0.4) is 0 Å². The van der Waals surface area contributed by atoms with Crippen molar-refractivity contribution in [3.05, 3.63) is 28.4 Å². The molecule has 0 atom stereocenters. The molecule has 0 saturated carbocycles. The zero-order valence-corrected chi connectivity index (χ0v) is 16.3. The third-order valence-corrected chi connectivity index (χ3v) is 5.44. The van der Waals surface area contributed by atoms with Crippen LogP contribution < -0.4 is 0 Å². The maximum atomic E-state index is 12.3. The van der Waals surface area contributed by atoms with E-state index in [1.807, 2.05) is 22.9 Å². The van der Waals surface area contributed by atoms with Gasteiger partial charge in [-0.15, -0.1) is 0 Å². The van der Waals surface area contributed by atoms with Crippen molar-refractivity contribution in [2.75, 3.05) is 32.9 Å². The van der Waals surface area contributed by atoms with Crippen LogP contribution >= 0.6 is 15.9 Å². The van der Waals surface area contributed by atoms with E-state index in [2.05, 4.69) is 25.9 Å². The Morgan fingerprint density at radius 2 is 2.04 bits per heavy atom. The Balaban J connectivity index is 1.56. The molecule has 0 radical (unpaired) electrons. The number of hydrogen-bond acceptors (Lipinski definition) is 6. The highest BCUT2D eigenvalue weighted by Gasteiger charge is 2.39. The summed E-state index contributed by atoms with van der Waals surface area (Å²) in [4.78, 5) is 14.6. The zero-order chi connectivity index (χ0) is 18.1. The number of piperidine rings is 1. The van der Waals surface area contributed by atoms with E-state index in [-0.39, 0.29) is 11.8 Å². The molecular weight excluding hydrogens is 402 g/mol. The standard InChI is InChI=1S/C18H22BrN3O4/c1-2-24-17(23)16-14-11-13(19)3-4-15(14)22(20-16)12-21-7-5-18(6-8-21)25-9-10-26-18/h3-4,11H,2,5-10,12H2,1H3. The minimum Gasteiger partial charge on any atom is -0.461 e. The Kier molecular flexibility index (Phi) is 5.00. The topological polar surface area (TPSA) is 65.8 Å². The van der Waals surface area contributed by atoms with Crippen molar-refractivity contribution in [1.82, 2.24) is 14.7 Å². The van der Waals surface area contributed by atoms with Crippen molar-refractivity contribution >= 4 is 32.8 Å². The monoisotopic (exact) mass is 423 g/mol. The lowest BCUT2D eigenvalue weighted by molar-refractivity contribution is -0.187. The fraction of sp³-hybridized carbons (Fsp3) is 0.556. The molecule has 0 aliphatic carbocycles. The van der Waals surface area contributed by atoms with Crippen LogP contribution in [0.25, 0.3) is 10.9 Å². The lowest BCUT2D eigenvalue weighted by Crippen LogP contribution is -2.45. The van der Waals surface area contributed by atoms with E-state index in [1.165, 1.54) is 0 Å². The maximum absolute atomic E-state index is 12.3. The predicted molar refractivity (Wildman–Crippen MR) is 98.8 cm³/mol. The van der Waals surface area contributed by atoms with Gasteiger partial charge in [0.2, 0.25) is 0 Å². The first-order chi connectivity index (χ1) is 12.6. The molecule has 2 aliphatic rings. The average molecular weight is 424 g/mol. The van der Waals surface area contributed by atoms with Gasteiger partial charge in [-0.25, -0.2) is 9.48 Å². The van der Waals surface area contributed by atoms with Gasteiger partial charge in [0.1, 0.15) is 0 Å². The summed E-state index contributed by atoms with van der Waals surface area (Å²) < 4.78 is 19.5. The highest BCUT2D eigenvalue weighted by molar-refractivity contribution is 9.10. The molecule has 1 aromatic heterocycles. The summed E-state index contributed by atoms with van der Waals surface area (Å²) in [6.07, 6.45) is 1.70. The number of hydrogen-bond donors (Lipinski definition) is 0. The first kappa shape index (κ1) is 17.9. The van der Waals surface area contributed by atoms with Crippen LogP contribution in [0.15, 0.2) is 22.7 Å². The molecule has 1 spiro atoms. The largest absolute Gasteiger partial charge is 0.461 e. The van der Waals surface area contributed by atoms with Gasteiger partial charge in [0.25, 0.3) is 0 Å². The SMILES string of the molecule is CCOC(=O)c1nn(CN2CCC3(CC2)OCCO3)c2ccc(Br)cc12. The van der Waals surface area contributed by atoms with Crippen molar-refractivity contribution in [3.8, 4) is 0 Å². The lowest BCUT2D eigenvalue weighted by Gasteiger charge is -2.37. The van der Waals surface area contributed by atoms with Crippen LogP contribution in [-0.4, -0.2) is 59.3 Å². The quantitative estimate of drug-likeness (QED) is 0.704. The molecule has 0 N–H and O–H groups in total. The van der Waals surface area contributed by atoms with Gasteiger partial charge < -0.3 is 14.2 Å². The van der Waals surface area contributed by atoms with E-state index in [0.717, 1.165) is 41.3 Å². The Bertz CT molecular complexity index is 806. The lowest BCUT2D eigenvalue weighted by atomic mass is 10.0. The van der Waals surface area contributed by atoms with Gasteiger partial charge in [-0.2, -0.15) is 5.10 Å². The summed E-state index contributed by atoms with van der Waals surface area (Å²) in [5.74, 6) is -0.774. The minimum absolute atomic E-state index is 0.329. The number of halogens is 1. The molecule has 26 heavy (non-hydrogen) atoms.